The van der Waals surface area contributed by atoms with Crippen LogP contribution in [0.4, 0.5) is 0 Å². The van der Waals surface area contributed by atoms with Crippen molar-refractivity contribution in [3.8, 4) is 11.4 Å². The van der Waals surface area contributed by atoms with Crippen LogP contribution in [-0.4, -0.2) is 22.3 Å². The maximum Gasteiger partial charge on any atom is 0.223 e. The fraction of sp³-hybridized carbons (Fsp3) is 0.238. The molecule has 140 valence electrons. The molecule has 0 spiro atoms. The van der Waals surface area contributed by atoms with Crippen LogP contribution in [0.25, 0.3) is 5.69 Å². The number of nitrogens with zero attached hydrogens (tertiary/aromatic N) is 2. The van der Waals surface area contributed by atoms with Crippen molar-refractivity contribution in [2.45, 2.75) is 26.8 Å². The summed E-state index contributed by atoms with van der Waals surface area (Å²) in [6.07, 6.45) is 0.307. The predicted molar refractivity (Wildman–Crippen MR) is 109 cm³/mol. The highest BCUT2D eigenvalue weighted by atomic mass is 79.9. The quantitative estimate of drug-likeness (QED) is 0.609. The number of benzene rings is 2. The van der Waals surface area contributed by atoms with Crippen LogP contribution in [0.15, 0.2) is 59.1 Å². The van der Waals surface area contributed by atoms with Crippen molar-refractivity contribution < 1.29 is 9.53 Å². The SMILES string of the molecule is Cc1nn(-c2ccccc2)c(C)c1CNC(=O)CCOc1ccc(Br)cc1. The minimum atomic E-state index is -0.0432. The lowest BCUT2D eigenvalue weighted by molar-refractivity contribution is -0.121. The summed E-state index contributed by atoms with van der Waals surface area (Å²) in [5, 5.41) is 7.57. The Morgan fingerprint density at radius 2 is 1.81 bits per heavy atom. The number of aryl methyl sites for hydroxylation is 1. The van der Waals surface area contributed by atoms with Gasteiger partial charge in [-0.2, -0.15) is 5.10 Å². The molecule has 3 rings (SSSR count). The lowest BCUT2D eigenvalue weighted by atomic mass is 10.2. The summed E-state index contributed by atoms with van der Waals surface area (Å²) in [5.74, 6) is 0.709. The van der Waals surface area contributed by atoms with Crippen molar-refractivity contribution in [3.05, 3.63) is 76.0 Å². The number of hydrogen-bond donors (Lipinski definition) is 1. The summed E-state index contributed by atoms with van der Waals surface area (Å²) in [6, 6.07) is 17.5. The largest absolute Gasteiger partial charge is 0.493 e. The van der Waals surface area contributed by atoms with Crippen LogP contribution in [0.3, 0.4) is 0 Å². The van der Waals surface area contributed by atoms with E-state index < -0.39 is 0 Å². The zero-order chi connectivity index (χ0) is 19.2. The molecule has 2 aromatic carbocycles. The van der Waals surface area contributed by atoms with E-state index in [-0.39, 0.29) is 5.91 Å². The second-order valence-corrected chi connectivity index (χ2v) is 7.14. The molecule has 0 aliphatic heterocycles. The zero-order valence-corrected chi connectivity index (χ0v) is 17.0. The van der Waals surface area contributed by atoms with Crippen molar-refractivity contribution in [1.29, 1.82) is 0 Å². The molecule has 27 heavy (non-hydrogen) atoms. The van der Waals surface area contributed by atoms with Gasteiger partial charge in [0.25, 0.3) is 0 Å². The first-order valence-electron chi connectivity index (χ1n) is 8.80. The Balaban J connectivity index is 1.53. The van der Waals surface area contributed by atoms with Gasteiger partial charge in [0.2, 0.25) is 5.91 Å². The number of para-hydroxylation sites is 1. The van der Waals surface area contributed by atoms with Crippen molar-refractivity contribution in [1.82, 2.24) is 15.1 Å². The second-order valence-electron chi connectivity index (χ2n) is 6.23. The summed E-state index contributed by atoms with van der Waals surface area (Å²) in [7, 11) is 0. The molecule has 0 unspecified atom stereocenters. The van der Waals surface area contributed by atoms with Crippen LogP contribution in [0.5, 0.6) is 5.75 Å². The van der Waals surface area contributed by atoms with Crippen molar-refractivity contribution in [2.24, 2.45) is 0 Å². The van der Waals surface area contributed by atoms with Crippen molar-refractivity contribution >= 4 is 21.8 Å². The first-order valence-corrected chi connectivity index (χ1v) is 9.59. The van der Waals surface area contributed by atoms with E-state index in [0.29, 0.717) is 19.6 Å². The predicted octanol–water partition coefficient (Wildman–Crippen LogP) is 4.34. The van der Waals surface area contributed by atoms with E-state index in [2.05, 4.69) is 26.3 Å². The molecule has 0 aliphatic carbocycles. The van der Waals surface area contributed by atoms with Gasteiger partial charge >= 0.3 is 0 Å². The molecule has 0 aliphatic rings. The van der Waals surface area contributed by atoms with Crippen LogP contribution >= 0.6 is 15.9 Å². The summed E-state index contributed by atoms with van der Waals surface area (Å²) >= 11 is 3.38. The van der Waals surface area contributed by atoms with E-state index in [0.717, 1.165) is 32.9 Å². The Kier molecular flexibility index (Phi) is 6.29. The summed E-state index contributed by atoms with van der Waals surface area (Å²) in [6.45, 7) is 4.78. The number of ether oxygens (including phenoxy) is 1. The fourth-order valence-electron chi connectivity index (χ4n) is 2.82. The molecule has 1 heterocycles. The molecule has 0 fully saturated rings. The molecule has 0 atom stereocenters. The molecule has 0 saturated carbocycles. The van der Waals surface area contributed by atoms with Gasteiger partial charge in [0, 0.05) is 22.3 Å². The molecule has 5 nitrogen and oxygen atoms in total. The lowest BCUT2D eigenvalue weighted by Crippen LogP contribution is -2.25. The van der Waals surface area contributed by atoms with E-state index in [9.17, 15) is 4.79 Å². The monoisotopic (exact) mass is 427 g/mol. The highest BCUT2D eigenvalue weighted by Crippen LogP contribution is 2.18. The van der Waals surface area contributed by atoms with Crippen LogP contribution in [-0.2, 0) is 11.3 Å². The zero-order valence-electron chi connectivity index (χ0n) is 15.4. The number of rotatable bonds is 7. The maximum atomic E-state index is 12.1. The third-order valence-corrected chi connectivity index (χ3v) is 4.84. The van der Waals surface area contributed by atoms with Crippen LogP contribution < -0.4 is 10.1 Å². The Bertz CT molecular complexity index is 905. The average molecular weight is 428 g/mol. The number of halogens is 1. The Labute approximate surface area is 167 Å². The maximum absolute atomic E-state index is 12.1. The smallest absolute Gasteiger partial charge is 0.223 e. The first-order chi connectivity index (χ1) is 13.0. The molecule has 3 aromatic rings. The van der Waals surface area contributed by atoms with Crippen LogP contribution in [0.2, 0.25) is 0 Å². The lowest BCUT2D eigenvalue weighted by Gasteiger charge is -2.08. The number of amides is 1. The van der Waals surface area contributed by atoms with E-state index in [4.69, 9.17) is 4.74 Å². The Hall–Kier alpha value is -2.60. The van der Waals surface area contributed by atoms with E-state index >= 15 is 0 Å². The van der Waals surface area contributed by atoms with Crippen LogP contribution in [0.1, 0.15) is 23.4 Å². The third-order valence-electron chi connectivity index (χ3n) is 4.32. The molecule has 1 aromatic heterocycles. The van der Waals surface area contributed by atoms with Gasteiger partial charge in [0.15, 0.2) is 0 Å². The van der Waals surface area contributed by atoms with Gasteiger partial charge in [-0.05, 0) is 50.2 Å². The number of carbonyl (C=O) groups excluding carboxylic acids is 1. The summed E-state index contributed by atoms with van der Waals surface area (Å²) in [4.78, 5) is 12.1. The highest BCUT2D eigenvalue weighted by Gasteiger charge is 2.13. The molecule has 6 heteroatoms. The number of nitrogens with one attached hydrogen (secondary N) is 1. The normalized spacial score (nSPS) is 10.6. The molecular weight excluding hydrogens is 406 g/mol. The minimum absolute atomic E-state index is 0.0432. The van der Waals surface area contributed by atoms with Gasteiger partial charge in [-0.25, -0.2) is 4.68 Å². The number of aromatic nitrogens is 2. The summed E-state index contributed by atoms with van der Waals surface area (Å²) in [5.41, 5.74) is 4.01. The molecule has 0 saturated heterocycles. The number of carbonyl (C=O) groups is 1. The highest BCUT2D eigenvalue weighted by molar-refractivity contribution is 9.10. The molecule has 0 radical (unpaired) electrons. The third kappa shape index (κ3) is 4.98. The Morgan fingerprint density at radius 1 is 1.11 bits per heavy atom. The van der Waals surface area contributed by atoms with Gasteiger partial charge in [-0.15, -0.1) is 0 Å². The van der Waals surface area contributed by atoms with Gasteiger partial charge in [0.1, 0.15) is 5.75 Å². The van der Waals surface area contributed by atoms with E-state index in [1.165, 1.54) is 0 Å². The summed E-state index contributed by atoms with van der Waals surface area (Å²) < 4.78 is 8.50. The van der Waals surface area contributed by atoms with Crippen molar-refractivity contribution in [3.63, 3.8) is 0 Å². The Morgan fingerprint density at radius 3 is 2.52 bits per heavy atom. The van der Waals surface area contributed by atoms with E-state index in [1.54, 1.807) is 0 Å². The molecule has 0 bridgehead atoms. The fourth-order valence-corrected chi connectivity index (χ4v) is 3.08. The molecule has 1 N–H and O–H groups in total. The number of hydrogen-bond acceptors (Lipinski definition) is 3. The second kappa shape index (κ2) is 8.86. The van der Waals surface area contributed by atoms with Crippen molar-refractivity contribution in [2.75, 3.05) is 6.61 Å². The van der Waals surface area contributed by atoms with Gasteiger partial charge in [-0.1, -0.05) is 34.1 Å². The van der Waals surface area contributed by atoms with Crippen LogP contribution in [0, 0.1) is 13.8 Å². The van der Waals surface area contributed by atoms with Gasteiger partial charge in [-0.3, -0.25) is 4.79 Å². The standard InChI is InChI=1S/C21H22BrN3O2/c1-15-20(16(2)25(24-15)18-6-4-3-5-7-18)14-23-21(26)12-13-27-19-10-8-17(22)9-11-19/h3-11H,12-14H2,1-2H3,(H,23,26). The van der Waals surface area contributed by atoms with E-state index in [1.807, 2.05) is 73.1 Å². The van der Waals surface area contributed by atoms with Gasteiger partial charge < -0.3 is 10.1 Å². The topological polar surface area (TPSA) is 56.2 Å². The minimum Gasteiger partial charge on any atom is -0.493 e. The molecular formula is C21H22BrN3O2. The first kappa shape index (κ1) is 19.2. The average Bonchev–Trinajstić information content (AvgIpc) is 2.96. The molecule has 1 amide bonds. The van der Waals surface area contributed by atoms with Gasteiger partial charge in [0.05, 0.1) is 24.4 Å².